The topological polar surface area (TPSA) is 95.9 Å². The third-order valence-corrected chi connectivity index (χ3v) is 15.6. The van der Waals surface area contributed by atoms with E-state index in [1.807, 2.05) is 6.08 Å². The lowest BCUT2D eigenvalue weighted by Crippen LogP contribution is -2.45. The first-order valence-corrected chi connectivity index (χ1v) is 33.9. The van der Waals surface area contributed by atoms with E-state index in [1.165, 1.54) is 283 Å². The number of aliphatic hydroxyl groups is 2. The van der Waals surface area contributed by atoms with Crippen LogP contribution in [0.15, 0.2) is 48.6 Å². The van der Waals surface area contributed by atoms with E-state index in [4.69, 9.17) is 4.74 Å². The molecular formula is C70H131NO5. The molecule has 6 heteroatoms. The maximum atomic E-state index is 12.5. The zero-order valence-electron chi connectivity index (χ0n) is 51.0. The maximum absolute atomic E-state index is 12.5. The number of ether oxygens (including phenoxy) is 1. The first-order valence-electron chi connectivity index (χ1n) is 33.9. The van der Waals surface area contributed by atoms with Crippen LogP contribution in [0.3, 0.4) is 0 Å². The van der Waals surface area contributed by atoms with Gasteiger partial charge in [-0.15, -0.1) is 0 Å². The average Bonchev–Trinajstić information content (AvgIpc) is 3.42. The van der Waals surface area contributed by atoms with Crippen molar-refractivity contribution in [3.8, 4) is 0 Å². The lowest BCUT2D eigenvalue weighted by atomic mass is 10.0. The van der Waals surface area contributed by atoms with Gasteiger partial charge in [0.15, 0.2) is 0 Å². The van der Waals surface area contributed by atoms with Crippen LogP contribution in [0.4, 0.5) is 0 Å². The van der Waals surface area contributed by atoms with Gasteiger partial charge >= 0.3 is 5.97 Å². The minimum atomic E-state index is -0.843. The molecule has 446 valence electrons. The highest BCUT2D eigenvalue weighted by molar-refractivity contribution is 5.76. The van der Waals surface area contributed by atoms with Crippen LogP contribution in [0, 0.1) is 0 Å². The highest BCUT2D eigenvalue weighted by Gasteiger charge is 2.18. The van der Waals surface area contributed by atoms with Crippen LogP contribution < -0.4 is 5.32 Å². The lowest BCUT2D eigenvalue weighted by molar-refractivity contribution is -0.143. The molecule has 0 aromatic carbocycles. The van der Waals surface area contributed by atoms with Gasteiger partial charge in [0.1, 0.15) is 0 Å². The summed E-state index contributed by atoms with van der Waals surface area (Å²) in [5, 5.41) is 23.2. The summed E-state index contributed by atoms with van der Waals surface area (Å²) in [7, 11) is 0. The van der Waals surface area contributed by atoms with Gasteiger partial charge in [-0.2, -0.15) is 0 Å². The Hall–Kier alpha value is -2.18. The van der Waals surface area contributed by atoms with Gasteiger partial charge in [-0.3, -0.25) is 9.59 Å². The van der Waals surface area contributed by atoms with Crippen molar-refractivity contribution < 1.29 is 24.5 Å². The molecule has 2 unspecified atom stereocenters. The molecule has 2 atom stereocenters. The standard InChI is InChI=1S/C70H131NO5/c1-3-5-7-9-11-13-15-16-36-39-43-46-50-54-58-62-68(73)67(66-72)71-69(74)63-59-55-51-47-44-40-37-34-32-30-28-26-24-22-20-18-17-19-21-23-25-27-29-31-33-35-38-41-45-49-53-57-61-65-76-70(75)64-60-56-52-48-42-14-12-10-8-6-4-2/h10,12,21,23,27,29,58,62,67-68,72-73H,3-9,11,13-20,22,24-26,28,30-57,59-61,63-66H2,1-2H3,(H,71,74)/b12-10-,23-21-,29-27-,62-58+. The monoisotopic (exact) mass is 1070 g/mol. The predicted octanol–water partition coefficient (Wildman–Crippen LogP) is 21.7. The molecule has 1 amide bonds. The average molecular weight is 1070 g/mol. The number of allylic oxidation sites excluding steroid dienone is 7. The molecule has 0 fully saturated rings. The van der Waals surface area contributed by atoms with E-state index in [2.05, 4.69) is 55.6 Å². The first kappa shape index (κ1) is 73.8. The highest BCUT2D eigenvalue weighted by Crippen LogP contribution is 2.18. The number of carbonyl (C=O) groups excluding carboxylic acids is 2. The summed E-state index contributed by atoms with van der Waals surface area (Å²) >= 11 is 0. The van der Waals surface area contributed by atoms with Gasteiger partial charge in [0.05, 0.1) is 25.4 Å². The molecule has 0 aliphatic rings. The summed E-state index contributed by atoms with van der Waals surface area (Å²) in [5.74, 6) is -0.0620. The van der Waals surface area contributed by atoms with Gasteiger partial charge < -0.3 is 20.3 Å². The van der Waals surface area contributed by atoms with Gasteiger partial charge in [0.25, 0.3) is 0 Å². The molecule has 76 heavy (non-hydrogen) atoms. The minimum absolute atomic E-state index is 0.00261. The fourth-order valence-corrected chi connectivity index (χ4v) is 10.4. The molecule has 0 rings (SSSR count). The Bertz CT molecular complexity index is 1270. The van der Waals surface area contributed by atoms with Crippen LogP contribution in [0.5, 0.6) is 0 Å². The van der Waals surface area contributed by atoms with Gasteiger partial charge in [-0.05, 0) is 83.5 Å². The molecule has 0 aliphatic carbocycles. The molecule has 0 spiro atoms. The lowest BCUT2D eigenvalue weighted by Gasteiger charge is -2.20. The zero-order valence-corrected chi connectivity index (χ0v) is 51.0. The predicted molar refractivity (Wildman–Crippen MR) is 333 cm³/mol. The Morgan fingerprint density at radius 3 is 1.05 bits per heavy atom. The maximum Gasteiger partial charge on any atom is 0.305 e. The second kappa shape index (κ2) is 65.3. The molecule has 0 saturated carbocycles. The summed E-state index contributed by atoms with van der Waals surface area (Å²) in [5.41, 5.74) is 0. The van der Waals surface area contributed by atoms with Crippen molar-refractivity contribution in [3.05, 3.63) is 48.6 Å². The van der Waals surface area contributed by atoms with Crippen molar-refractivity contribution in [1.82, 2.24) is 5.32 Å². The Labute approximate surface area is 474 Å². The molecular weight excluding hydrogens is 935 g/mol. The van der Waals surface area contributed by atoms with E-state index < -0.39 is 12.1 Å². The number of aliphatic hydroxyl groups excluding tert-OH is 2. The Morgan fingerprint density at radius 2 is 0.671 bits per heavy atom. The van der Waals surface area contributed by atoms with E-state index in [9.17, 15) is 19.8 Å². The highest BCUT2D eigenvalue weighted by atomic mass is 16.5. The summed E-state index contributed by atoms with van der Waals surface area (Å²) in [4.78, 5) is 24.5. The van der Waals surface area contributed by atoms with E-state index >= 15 is 0 Å². The SMILES string of the molecule is CCCC/C=C\CCCCCCCC(=O)OCCCCCCCCCCC/C=C\C/C=C\CCCCCCCCCCCCCCCCCCCC(=O)NC(CO)C(O)/C=C/CCCCCCCCCCCCCCC. The van der Waals surface area contributed by atoms with E-state index in [0.29, 0.717) is 19.4 Å². The number of unbranched alkanes of at least 4 members (excludes halogenated alkanes) is 46. The Morgan fingerprint density at radius 1 is 0.368 bits per heavy atom. The molecule has 0 heterocycles. The largest absolute Gasteiger partial charge is 0.466 e. The summed E-state index contributed by atoms with van der Waals surface area (Å²) in [6.45, 7) is 4.88. The van der Waals surface area contributed by atoms with E-state index in [-0.39, 0.29) is 18.5 Å². The molecule has 0 saturated heterocycles. The van der Waals surface area contributed by atoms with Crippen LogP contribution in [-0.4, -0.2) is 47.4 Å². The third-order valence-electron chi connectivity index (χ3n) is 15.6. The fraction of sp³-hybridized carbons (Fsp3) is 0.857. The molecule has 0 bridgehead atoms. The summed E-state index contributed by atoms with van der Waals surface area (Å²) < 4.78 is 5.46. The summed E-state index contributed by atoms with van der Waals surface area (Å²) in [6.07, 6.45) is 84.7. The van der Waals surface area contributed by atoms with Crippen molar-refractivity contribution in [3.63, 3.8) is 0 Å². The molecule has 6 nitrogen and oxygen atoms in total. The molecule has 3 N–H and O–H groups in total. The van der Waals surface area contributed by atoms with Crippen LogP contribution in [0.25, 0.3) is 0 Å². The van der Waals surface area contributed by atoms with Crippen molar-refractivity contribution in [1.29, 1.82) is 0 Å². The Balaban J connectivity index is 3.40. The second-order valence-electron chi connectivity index (χ2n) is 23.1. The van der Waals surface area contributed by atoms with Gasteiger partial charge in [0, 0.05) is 12.8 Å². The molecule has 0 radical (unpaired) electrons. The van der Waals surface area contributed by atoms with Crippen molar-refractivity contribution in [2.24, 2.45) is 0 Å². The second-order valence-corrected chi connectivity index (χ2v) is 23.1. The van der Waals surface area contributed by atoms with Crippen LogP contribution in [-0.2, 0) is 14.3 Å². The van der Waals surface area contributed by atoms with E-state index in [0.717, 1.165) is 51.4 Å². The first-order chi connectivity index (χ1) is 37.5. The minimum Gasteiger partial charge on any atom is -0.466 e. The smallest absolute Gasteiger partial charge is 0.305 e. The quantitative estimate of drug-likeness (QED) is 0.0320. The number of hydrogen-bond acceptors (Lipinski definition) is 5. The van der Waals surface area contributed by atoms with Crippen LogP contribution >= 0.6 is 0 Å². The third kappa shape index (κ3) is 61.0. The van der Waals surface area contributed by atoms with Crippen molar-refractivity contribution >= 4 is 11.9 Å². The number of nitrogens with one attached hydrogen (secondary N) is 1. The van der Waals surface area contributed by atoms with E-state index in [1.54, 1.807) is 6.08 Å². The molecule has 0 aliphatic heterocycles. The van der Waals surface area contributed by atoms with Gasteiger partial charge in [0.2, 0.25) is 5.91 Å². The van der Waals surface area contributed by atoms with Crippen molar-refractivity contribution in [2.75, 3.05) is 13.2 Å². The van der Waals surface area contributed by atoms with Gasteiger partial charge in [-0.25, -0.2) is 0 Å². The fourth-order valence-electron chi connectivity index (χ4n) is 10.4. The number of rotatable bonds is 63. The number of amides is 1. The van der Waals surface area contributed by atoms with Crippen LogP contribution in [0.1, 0.15) is 361 Å². The van der Waals surface area contributed by atoms with Crippen LogP contribution in [0.2, 0.25) is 0 Å². The summed E-state index contributed by atoms with van der Waals surface area (Å²) in [6, 6.07) is -0.627. The zero-order chi connectivity index (χ0) is 55.0. The number of hydrogen-bond donors (Lipinski definition) is 3. The number of carbonyl (C=O) groups is 2. The Kier molecular flexibility index (Phi) is 63.5. The number of esters is 1. The molecule has 0 aromatic rings. The molecule has 0 aromatic heterocycles. The van der Waals surface area contributed by atoms with Crippen molar-refractivity contribution in [2.45, 2.75) is 373 Å². The normalized spacial score (nSPS) is 12.8. The van der Waals surface area contributed by atoms with Gasteiger partial charge in [-0.1, -0.05) is 313 Å².